The van der Waals surface area contributed by atoms with Gasteiger partial charge in [0.05, 0.1) is 7.11 Å². The fraction of sp³-hybridized carbons (Fsp3) is 0.625. The molecule has 1 saturated heterocycles. The number of ether oxygens (including phenoxy) is 1. The highest BCUT2D eigenvalue weighted by molar-refractivity contribution is 9.10. The first-order chi connectivity index (χ1) is 9.43. The van der Waals surface area contributed by atoms with Gasteiger partial charge in [-0.2, -0.15) is 0 Å². The summed E-state index contributed by atoms with van der Waals surface area (Å²) in [5.41, 5.74) is 1.49. The molecule has 3 nitrogen and oxygen atoms in total. The van der Waals surface area contributed by atoms with Gasteiger partial charge in [-0.15, -0.1) is 0 Å². The van der Waals surface area contributed by atoms with Crippen LogP contribution in [0.1, 0.15) is 32.4 Å². The van der Waals surface area contributed by atoms with E-state index in [9.17, 15) is 0 Å². The maximum Gasteiger partial charge on any atom is 0.119 e. The molecule has 0 aromatic heterocycles. The molecule has 0 aliphatic carbocycles. The van der Waals surface area contributed by atoms with Crippen LogP contribution in [-0.4, -0.2) is 38.2 Å². The number of rotatable bonds is 3. The number of hydrogen-bond donors (Lipinski definition) is 1. The largest absolute Gasteiger partial charge is 0.497 e. The minimum Gasteiger partial charge on any atom is -0.497 e. The van der Waals surface area contributed by atoms with Crippen LogP contribution in [0.4, 0.5) is 0 Å². The molecule has 20 heavy (non-hydrogen) atoms. The van der Waals surface area contributed by atoms with Crippen molar-refractivity contribution in [1.82, 2.24) is 10.2 Å². The average molecular weight is 341 g/mol. The van der Waals surface area contributed by atoms with Crippen LogP contribution < -0.4 is 10.1 Å². The van der Waals surface area contributed by atoms with Crippen molar-refractivity contribution in [3.8, 4) is 5.75 Å². The molecular formula is C16H25BrN2O. The highest BCUT2D eigenvalue weighted by atomic mass is 79.9. The Kier molecular flexibility index (Phi) is 5.10. The highest BCUT2D eigenvalue weighted by Crippen LogP contribution is 2.42. The van der Waals surface area contributed by atoms with E-state index in [1.54, 1.807) is 7.11 Å². The van der Waals surface area contributed by atoms with Crippen LogP contribution in [0.5, 0.6) is 5.75 Å². The van der Waals surface area contributed by atoms with Crippen molar-refractivity contribution < 1.29 is 4.74 Å². The van der Waals surface area contributed by atoms with Crippen LogP contribution in [0.25, 0.3) is 0 Å². The number of halogens is 1. The Hall–Kier alpha value is -0.580. The molecule has 1 atom stereocenters. The molecule has 0 unspecified atom stereocenters. The first-order valence-electron chi connectivity index (χ1n) is 7.21. The fourth-order valence-electron chi connectivity index (χ4n) is 3.01. The van der Waals surface area contributed by atoms with Gasteiger partial charge >= 0.3 is 0 Å². The molecule has 1 N–H and O–H groups in total. The van der Waals surface area contributed by atoms with Crippen molar-refractivity contribution in [1.29, 1.82) is 0 Å². The molecule has 1 aromatic carbocycles. The van der Waals surface area contributed by atoms with Crippen LogP contribution in [0.3, 0.4) is 0 Å². The van der Waals surface area contributed by atoms with E-state index >= 15 is 0 Å². The lowest BCUT2D eigenvalue weighted by atomic mass is 9.81. The molecule has 1 aliphatic rings. The predicted octanol–water partition coefficient (Wildman–Crippen LogP) is 3.45. The SMILES string of the molecule is COc1ccc(Br)c([C@@H](N2CCNCC2)C(C)(C)C)c1. The Morgan fingerprint density at radius 1 is 1.25 bits per heavy atom. The summed E-state index contributed by atoms with van der Waals surface area (Å²) in [6.45, 7) is 11.2. The van der Waals surface area contributed by atoms with Gasteiger partial charge in [-0.25, -0.2) is 0 Å². The third-order valence-electron chi connectivity index (χ3n) is 3.83. The Balaban J connectivity index is 2.40. The van der Waals surface area contributed by atoms with Gasteiger partial charge in [0, 0.05) is 36.7 Å². The first kappa shape index (κ1) is 15.8. The second-order valence-corrected chi connectivity index (χ2v) is 7.30. The van der Waals surface area contributed by atoms with E-state index in [1.807, 2.05) is 6.07 Å². The Bertz CT molecular complexity index is 450. The van der Waals surface area contributed by atoms with Gasteiger partial charge in [0.2, 0.25) is 0 Å². The molecule has 2 rings (SSSR count). The zero-order valence-electron chi connectivity index (χ0n) is 12.9. The standard InChI is InChI=1S/C16H25BrN2O/c1-16(2,3)15(19-9-7-18-8-10-19)13-11-12(20-4)5-6-14(13)17/h5-6,11,15,18H,7-10H2,1-4H3/t15-/m1/s1. The second kappa shape index (κ2) is 6.46. The zero-order chi connectivity index (χ0) is 14.8. The maximum absolute atomic E-state index is 5.41. The molecule has 0 radical (unpaired) electrons. The van der Waals surface area contributed by atoms with Crippen molar-refractivity contribution in [2.24, 2.45) is 5.41 Å². The minimum atomic E-state index is 0.173. The molecule has 112 valence electrons. The van der Waals surface area contributed by atoms with Gasteiger partial charge in [-0.1, -0.05) is 36.7 Å². The summed E-state index contributed by atoms with van der Waals surface area (Å²) in [7, 11) is 1.73. The van der Waals surface area contributed by atoms with Crippen molar-refractivity contribution in [2.75, 3.05) is 33.3 Å². The third-order valence-corrected chi connectivity index (χ3v) is 4.56. The average Bonchev–Trinajstić information content (AvgIpc) is 2.41. The van der Waals surface area contributed by atoms with Crippen molar-refractivity contribution in [2.45, 2.75) is 26.8 Å². The van der Waals surface area contributed by atoms with Crippen molar-refractivity contribution >= 4 is 15.9 Å². The van der Waals surface area contributed by atoms with Gasteiger partial charge in [-0.05, 0) is 29.2 Å². The van der Waals surface area contributed by atoms with E-state index in [0.717, 1.165) is 36.4 Å². The lowest BCUT2D eigenvalue weighted by Gasteiger charge is -2.43. The lowest BCUT2D eigenvalue weighted by Crippen LogP contribution is -2.48. The number of hydrogen-bond acceptors (Lipinski definition) is 3. The lowest BCUT2D eigenvalue weighted by molar-refractivity contribution is 0.0855. The summed E-state index contributed by atoms with van der Waals surface area (Å²) in [6, 6.07) is 6.65. The Labute approximate surface area is 130 Å². The highest BCUT2D eigenvalue weighted by Gasteiger charge is 2.33. The summed E-state index contributed by atoms with van der Waals surface area (Å²) in [4.78, 5) is 2.58. The molecule has 1 aliphatic heterocycles. The van der Waals surface area contributed by atoms with Gasteiger partial charge in [0.1, 0.15) is 5.75 Å². The van der Waals surface area contributed by atoms with E-state index in [-0.39, 0.29) is 5.41 Å². The van der Waals surface area contributed by atoms with Crippen LogP contribution >= 0.6 is 15.9 Å². The third kappa shape index (κ3) is 3.54. The van der Waals surface area contributed by atoms with E-state index in [0.29, 0.717) is 6.04 Å². The van der Waals surface area contributed by atoms with Gasteiger partial charge in [0.25, 0.3) is 0 Å². The molecular weight excluding hydrogens is 316 g/mol. The monoisotopic (exact) mass is 340 g/mol. The predicted molar refractivity (Wildman–Crippen MR) is 87.3 cm³/mol. The number of nitrogens with zero attached hydrogens (tertiary/aromatic N) is 1. The van der Waals surface area contributed by atoms with E-state index in [2.05, 4.69) is 59.1 Å². The molecule has 0 saturated carbocycles. The molecule has 0 amide bonds. The van der Waals surface area contributed by atoms with E-state index in [4.69, 9.17) is 4.74 Å². The zero-order valence-corrected chi connectivity index (χ0v) is 14.5. The van der Waals surface area contributed by atoms with E-state index in [1.165, 1.54) is 5.56 Å². The second-order valence-electron chi connectivity index (χ2n) is 6.44. The fourth-order valence-corrected chi connectivity index (χ4v) is 3.47. The van der Waals surface area contributed by atoms with Gasteiger partial charge in [-0.3, -0.25) is 4.90 Å². The summed E-state index contributed by atoms with van der Waals surface area (Å²) in [5, 5.41) is 3.43. The number of nitrogens with one attached hydrogen (secondary N) is 1. The van der Waals surface area contributed by atoms with Gasteiger partial charge in [0.15, 0.2) is 0 Å². The van der Waals surface area contributed by atoms with Crippen molar-refractivity contribution in [3.63, 3.8) is 0 Å². The molecule has 0 spiro atoms. The topological polar surface area (TPSA) is 24.5 Å². The summed E-state index contributed by atoms with van der Waals surface area (Å²) >= 11 is 3.72. The Morgan fingerprint density at radius 2 is 1.90 bits per heavy atom. The quantitative estimate of drug-likeness (QED) is 0.911. The Morgan fingerprint density at radius 3 is 2.45 bits per heavy atom. The summed E-state index contributed by atoms with van der Waals surface area (Å²) < 4.78 is 6.57. The summed E-state index contributed by atoms with van der Waals surface area (Å²) in [6.07, 6.45) is 0. The molecule has 1 aromatic rings. The molecule has 1 heterocycles. The maximum atomic E-state index is 5.41. The molecule has 0 bridgehead atoms. The number of benzene rings is 1. The van der Waals surface area contributed by atoms with Crippen molar-refractivity contribution in [3.05, 3.63) is 28.2 Å². The van der Waals surface area contributed by atoms with Crippen LogP contribution in [0.2, 0.25) is 0 Å². The molecule has 4 heteroatoms. The molecule has 1 fully saturated rings. The number of methoxy groups -OCH3 is 1. The number of piperazine rings is 1. The summed E-state index contributed by atoms with van der Waals surface area (Å²) in [5.74, 6) is 0.924. The van der Waals surface area contributed by atoms with Crippen LogP contribution in [0.15, 0.2) is 22.7 Å². The normalized spacial score (nSPS) is 18.9. The van der Waals surface area contributed by atoms with Crippen LogP contribution in [0, 0.1) is 5.41 Å². The minimum absolute atomic E-state index is 0.173. The van der Waals surface area contributed by atoms with Crippen LogP contribution in [-0.2, 0) is 0 Å². The van der Waals surface area contributed by atoms with Gasteiger partial charge < -0.3 is 10.1 Å². The smallest absolute Gasteiger partial charge is 0.119 e. The first-order valence-corrected chi connectivity index (χ1v) is 8.01. The van der Waals surface area contributed by atoms with E-state index < -0.39 is 0 Å².